The first kappa shape index (κ1) is 15.0. The minimum Gasteiger partial charge on any atom is -0.478 e. The first-order valence-electron chi connectivity index (χ1n) is 5.84. The summed E-state index contributed by atoms with van der Waals surface area (Å²) in [6.07, 6.45) is 0. The summed E-state index contributed by atoms with van der Waals surface area (Å²) in [7, 11) is 1.24. The minimum absolute atomic E-state index is 0.204. The summed E-state index contributed by atoms with van der Waals surface area (Å²) >= 11 is 6.04. The summed E-state index contributed by atoms with van der Waals surface area (Å²) < 4.78 is 18.1. The average molecular weight is 309 g/mol. The molecule has 0 atom stereocenters. The number of carboxylic acid groups (broad SMARTS) is 1. The van der Waals surface area contributed by atoms with Crippen molar-refractivity contribution in [3.8, 4) is 11.1 Å². The molecule has 0 amide bonds. The number of carbonyl (C=O) groups excluding carboxylic acids is 1. The van der Waals surface area contributed by atoms with Crippen molar-refractivity contribution in [1.82, 2.24) is 0 Å². The Balaban J connectivity index is 2.60. The molecule has 0 spiro atoms. The van der Waals surface area contributed by atoms with Crippen LogP contribution in [0.15, 0.2) is 36.4 Å². The normalized spacial score (nSPS) is 10.2. The highest BCUT2D eigenvalue weighted by atomic mass is 35.5. The largest absolute Gasteiger partial charge is 0.478 e. The lowest BCUT2D eigenvalue weighted by Crippen LogP contribution is -2.02. The second kappa shape index (κ2) is 5.93. The Kier molecular flexibility index (Phi) is 4.23. The summed E-state index contributed by atoms with van der Waals surface area (Å²) in [5.41, 5.74) is 0.646. The van der Waals surface area contributed by atoms with Crippen molar-refractivity contribution in [2.24, 2.45) is 0 Å². The van der Waals surface area contributed by atoms with Crippen LogP contribution in [0.2, 0.25) is 5.02 Å². The van der Waals surface area contributed by atoms with E-state index in [1.165, 1.54) is 31.4 Å². The SMILES string of the molecule is COC(=O)c1ccc(Cl)c(-c2cc(F)cc(C(=O)O)c2)c1. The number of ether oxygens (including phenoxy) is 1. The van der Waals surface area contributed by atoms with E-state index >= 15 is 0 Å². The Labute approximate surface area is 124 Å². The Morgan fingerprint density at radius 1 is 1.14 bits per heavy atom. The monoisotopic (exact) mass is 308 g/mol. The summed E-state index contributed by atoms with van der Waals surface area (Å²) in [6.45, 7) is 0. The quantitative estimate of drug-likeness (QED) is 0.879. The summed E-state index contributed by atoms with van der Waals surface area (Å²) in [4.78, 5) is 22.5. The average Bonchev–Trinajstić information content (AvgIpc) is 2.46. The van der Waals surface area contributed by atoms with Gasteiger partial charge in [-0.15, -0.1) is 0 Å². The minimum atomic E-state index is -1.25. The van der Waals surface area contributed by atoms with Gasteiger partial charge in [-0.3, -0.25) is 0 Å². The van der Waals surface area contributed by atoms with E-state index < -0.39 is 17.8 Å². The molecule has 0 saturated heterocycles. The molecule has 2 aromatic rings. The zero-order chi connectivity index (χ0) is 15.6. The maximum atomic E-state index is 13.5. The van der Waals surface area contributed by atoms with Crippen LogP contribution in [0.4, 0.5) is 4.39 Å². The van der Waals surface area contributed by atoms with Crippen LogP contribution in [-0.2, 0) is 4.74 Å². The van der Waals surface area contributed by atoms with E-state index in [1.807, 2.05) is 0 Å². The number of methoxy groups -OCH3 is 1. The van der Waals surface area contributed by atoms with E-state index in [4.69, 9.17) is 16.7 Å². The number of rotatable bonds is 3. The number of aromatic carboxylic acids is 1. The van der Waals surface area contributed by atoms with E-state index in [1.54, 1.807) is 0 Å². The van der Waals surface area contributed by atoms with Crippen LogP contribution in [0, 0.1) is 5.82 Å². The molecule has 0 aliphatic rings. The van der Waals surface area contributed by atoms with Crippen molar-refractivity contribution >= 4 is 23.5 Å². The molecule has 6 heteroatoms. The number of hydrogen-bond donors (Lipinski definition) is 1. The van der Waals surface area contributed by atoms with Gasteiger partial charge in [0.05, 0.1) is 18.2 Å². The van der Waals surface area contributed by atoms with Crippen molar-refractivity contribution in [2.45, 2.75) is 0 Å². The molecule has 0 bridgehead atoms. The second-order valence-corrected chi connectivity index (χ2v) is 4.63. The Morgan fingerprint density at radius 3 is 2.48 bits per heavy atom. The van der Waals surface area contributed by atoms with Crippen molar-refractivity contribution in [3.63, 3.8) is 0 Å². The Morgan fingerprint density at radius 2 is 1.86 bits per heavy atom. The van der Waals surface area contributed by atoms with Gasteiger partial charge in [-0.25, -0.2) is 14.0 Å². The van der Waals surface area contributed by atoms with Crippen molar-refractivity contribution in [3.05, 3.63) is 58.4 Å². The van der Waals surface area contributed by atoms with E-state index in [2.05, 4.69) is 4.74 Å². The lowest BCUT2D eigenvalue weighted by Gasteiger charge is -2.08. The predicted molar refractivity (Wildman–Crippen MR) is 75.1 cm³/mol. The highest BCUT2D eigenvalue weighted by Crippen LogP contribution is 2.30. The summed E-state index contributed by atoms with van der Waals surface area (Å²) in [6, 6.07) is 7.70. The van der Waals surface area contributed by atoms with Crippen molar-refractivity contribution in [2.75, 3.05) is 7.11 Å². The smallest absolute Gasteiger partial charge is 0.337 e. The zero-order valence-corrected chi connectivity index (χ0v) is 11.6. The molecule has 108 valence electrons. The lowest BCUT2D eigenvalue weighted by molar-refractivity contribution is 0.0600. The van der Waals surface area contributed by atoms with Gasteiger partial charge in [0, 0.05) is 10.6 Å². The van der Waals surface area contributed by atoms with Crippen LogP contribution in [0.5, 0.6) is 0 Å². The van der Waals surface area contributed by atoms with Crippen LogP contribution < -0.4 is 0 Å². The number of hydrogen-bond acceptors (Lipinski definition) is 3. The third-order valence-electron chi connectivity index (χ3n) is 2.84. The molecular formula is C15H10ClFO4. The molecule has 0 aliphatic heterocycles. The van der Waals surface area contributed by atoms with Crippen molar-refractivity contribution < 1.29 is 23.8 Å². The number of halogens is 2. The first-order chi connectivity index (χ1) is 9.92. The number of carbonyl (C=O) groups is 2. The van der Waals surface area contributed by atoms with Crippen LogP contribution in [-0.4, -0.2) is 24.2 Å². The fraction of sp³-hybridized carbons (Fsp3) is 0.0667. The number of benzene rings is 2. The lowest BCUT2D eigenvalue weighted by atomic mass is 10.0. The van der Waals surface area contributed by atoms with Crippen LogP contribution in [0.3, 0.4) is 0 Å². The third kappa shape index (κ3) is 3.20. The van der Waals surface area contributed by atoms with E-state index in [9.17, 15) is 14.0 Å². The van der Waals surface area contributed by atoms with Gasteiger partial charge in [0.1, 0.15) is 5.82 Å². The van der Waals surface area contributed by atoms with Crippen LogP contribution in [0.1, 0.15) is 20.7 Å². The van der Waals surface area contributed by atoms with E-state index in [0.717, 1.165) is 12.1 Å². The molecule has 0 fully saturated rings. The van der Waals surface area contributed by atoms with Gasteiger partial charge >= 0.3 is 11.9 Å². The summed E-state index contributed by atoms with van der Waals surface area (Å²) in [5.74, 6) is -2.52. The fourth-order valence-electron chi connectivity index (χ4n) is 1.86. The Hall–Kier alpha value is -2.40. The molecule has 0 unspecified atom stereocenters. The topological polar surface area (TPSA) is 63.6 Å². The molecule has 0 heterocycles. The molecule has 4 nitrogen and oxygen atoms in total. The molecule has 2 aromatic carbocycles. The number of carboxylic acids is 1. The molecule has 0 aliphatic carbocycles. The highest BCUT2D eigenvalue weighted by molar-refractivity contribution is 6.33. The van der Waals surface area contributed by atoms with E-state index in [-0.39, 0.29) is 21.7 Å². The third-order valence-corrected chi connectivity index (χ3v) is 3.17. The molecule has 0 radical (unpaired) electrons. The van der Waals surface area contributed by atoms with Gasteiger partial charge in [0.25, 0.3) is 0 Å². The maximum absolute atomic E-state index is 13.5. The second-order valence-electron chi connectivity index (χ2n) is 4.22. The van der Waals surface area contributed by atoms with Gasteiger partial charge in [-0.05, 0) is 42.0 Å². The van der Waals surface area contributed by atoms with Crippen molar-refractivity contribution in [1.29, 1.82) is 0 Å². The molecule has 0 saturated carbocycles. The zero-order valence-electron chi connectivity index (χ0n) is 10.9. The summed E-state index contributed by atoms with van der Waals surface area (Å²) in [5, 5.41) is 9.23. The fourth-order valence-corrected chi connectivity index (χ4v) is 2.09. The molecule has 2 rings (SSSR count). The van der Waals surface area contributed by atoms with Gasteiger partial charge in [0.2, 0.25) is 0 Å². The van der Waals surface area contributed by atoms with Gasteiger partial charge in [-0.2, -0.15) is 0 Å². The Bertz CT molecular complexity index is 728. The molecule has 21 heavy (non-hydrogen) atoms. The highest BCUT2D eigenvalue weighted by Gasteiger charge is 2.13. The standard InChI is InChI=1S/C15H10ClFO4/c1-21-15(20)8-2-3-13(16)12(7-8)9-4-10(14(18)19)6-11(17)5-9/h2-7H,1H3,(H,18,19). The van der Waals surface area contributed by atoms with E-state index in [0.29, 0.717) is 5.56 Å². The van der Waals surface area contributed by atoms with Gasteiger partial charge < -0.3 is 9.84 Å². The number of esters is 1. The van der Waals surface area contributed by atoms with Crippen LogP contribution >= 0.6 is 11.6 Å². The first-order valence-corrected chi connectivity index (χ1v) is 6.22. The van der Waals surface area contributed by atoms with Gasteiger partial charge in [-0.1, -0.05) is 11.6 Å². The molecule has 0 aromatic heterocycles. The molecule has 1 N–H and O–H groups in total. The predicted octanol–water partition coefficient (Wildman–Crippen LogP) is 3.63. The van der Waals surface area contributed by atoms with Gasteiger partial charge in [0.15, 0.2) is 0 Å². The molecular weight excluding hydrogens is 299 g/mol. The maximum Gasteiger partial charge on any atom is 0.337 e. The van der Waals surface area contributed by atoms with Crippen LogP contribution in [0.25, 0.3) is 11.1 Å².